The maximum atomic E-state index is 12.5. The number of rotatable bonds is 8. The van der Waals surface area contributed by atoms with Crippen molar-refractivity contribution in [3.63, 3.8) is 0 Å². The number of hydrogen-bond acceptors (Lipinski definition) is 3. The number of benzene rings is 2. The molecule has 0 heterocycles. The number of amides is 1. The SMILES string of the molecule is COc1ccc(CN(CC(=O)NC(C)c2cccc(Cl)c2)C2CC2)cc1. The van der Waals surface area contributed by atoms with Crippen LogP contribution in [0.2, 0.25) is 5.02 Å². The zero-order chi connectivity index (χ0) is 18.5. The normalized spacial score (nSPS) is 14.9. The van der Waals surface area contributed by atoms with E-state index >= 15 is 0 Å². The first-order valence-electron chi connectivity index (χ1n) is 8.97. The molecule has 138 valence electrons. The minimum atomic E-state index is -0.0664. The van der Waals surface area contributed by atoms with Crippen molar-refractivity contribution < 1.29 is 9.53 Å². The lowest BCUT2D eigenvalue weighted by molar-refractivity contribution is -0.123. The van der Waals surface area contributed by atoms with Gasteiger partial charge in [0.05, 0.1) is 19.7 Å². The third kappa shape index (κ3) is 5.23. The zero-order valence-corrected chi connectivity index (χ0v) is 16.0. The van der Waals surface area contributed by atoms with Gasteiger partial charge in [-0.15, -0.1) is 0 Å². The Labute approximate surface area is 160 Å². The van der Waals surface area contributed by atoms with Crippen LogP contribution in [0.3, 0.4) is 0 Å². The topological polar surface area (TPSA) is 41.6 Å². The fraction of sp³-hybridized carbons (Fsp3) is 0.381. The summed E-state index contributed by atoms with van der Waals surface area (Å²) in [6.07, 6.45) is 2.32. The first-order valence-corrected chi connectivity index (χ1v) is 9.35. The number of ether oxygens (including phenoxy) is 1. The summed E-state index contributed by atoms with van der Waals surface area (Å²) in [5.74, 6) is 0.887. The van der Waals surface area contributed by atoms with E-state index in [1.54, 1.807) is 7.11 Å². The molecule has 3 rings (SSSR count). The standard InChI is InChI=1S/C21H25ClN2O2/c1-15(17-4-3-5-18(22)12-17)23-21(25)14-24(19-8-9-19)13-16-6-10-20(26-2)11-7-16/h3-7,10-12,15,19H,8-9,13-14H2,1-2H3,(H,23,25). The monoisotopic (exact) mass is 372 g/mol. The van der Waals surface area contributed by atoms with Gasteiger partial charge in [-0.3, -0.25) is 9.69 Å². The van der Waals surface area contributed by atoms with Gasteiger partial charge < -0.3 is 10.1 Å². The average molecular weight is 373 g/mol. The van der Waals surface area contributed by atoms with E-state index in [1.165, 1.54) is 5.56 Å². The molecule has 26 heavy (non-hydrogen) atoms. The molecule has 1 aliphatic carbocycles. The molecule has 0 aromatic heterocycles. The Morgan fingerprint density at radius 2 is 2.00 bits per heavy atom. The number of hydrogen-bond donors (Lipinski definition) is 1. The van der Waals surface area contributed by atoms with E-state index in [-0.39, 0.29) is 11.9 Å². The van der Waals surface area contributed by atoms with Gasteiger partial charge in [0.15, 0.2) is 0 Å². The van der Waals surface area contributed by atoms with Crippen molar-refractivity contribution in [2.24, 2.45) is 0 Å². The summed E-state index contributed by atoms with van der Waals surface area (Å²) in [4.78, 5) is 14.8. The Hall–Kier alpha value is -2.04. The van der Waals surface area contributed by atoms with Crippen LogP contribution in [0.25, 0.3) is 0 Å². The molecule has 0 saturated heterocycles. The van der Waals surface area contributed by atoms with Crippen LogP contribution in [-0.2, 0) is 11.3 Å². The highest BCUT2D eigenvalue weighted by Gasteiger charge is 2.30. The third-order valence-electron chi connectivity index (χ3n) is 4.68. The summed E-state index contributed by atoms with van der Waals surface area (Å²) in [7, 11) is 1.66. The number of halogens is 1. The van der Waals surface area contributed by atoms with Crippen LogP contribution < -0.4 is 10.1 Å². The predicted molar refractivity (Wildman–Crippen MR) is 104 cm³/mol. The lowest BCUT2D eigenvalue weighted by Gasteiger charge is -2.23. The molecule has 1 atom stereocenters. The molecule has 2 aromatic carbocycles. The highest BCUT2D eigenvalue weighted by Crippen LogP contribution is 2.28. The molecule has 0 aliphatic heterocycles. The number of nitrogens with one attached hydrogen (secondary N) is 1. The van der Waals surface area contributed by atoms with E-state index in [0.717, 1.165) is 30.7 Å². The minimum Gasteiger partial charge on any atom is -0.497 e. The van der Waals surface area contributed by atoms with Gasteiger partial charge in [-0.25, -0.2) is 0 Å². The van der Waals surface area contributed by atoms with E-state index in [9.17, 15) is 4.79 Å². The smallest absolute Gasteiger partial charge is 0.234 e. The molecule has 5 heteroatoms. The second kappa shape index (κ2) is 8.56. The molecule has 4 nitrogen and oxygen atoms in total. The number of carbonyl (C=O) groups is 1. The summed E-state index contributed by atoms with van der Waals surface area (Å²) in [6, 6.07) is 16.1. The Balaban J connectivity index is 1.57. The van der Waals surface area contributed by atoms with Gasteiger partial charge >= 0.3 is 0 Å². The predicted octanol–water partition coefficient (Wildman–Crippen LogP) is 4.19. The van der Waals surface area contributed by atoms with E-state index in [1.807, 2.05) is 43.3 Å². The van der Waals surface area contributed by atoms with Gasteiger partial charge in [-0.05, 0) is 55.2 Å². The number of carbonyl (C=O) groups excluding carboxylic acids is 1. The summed E-state index contributed by atoms with van der Waals surface area (Å²) >= 11 is 6.04. The maximum absolute atomic E-state index is 12.5. The molecule has 0 radical (unpaired) electrons. The van der Waals surface area contributed by atoms with Crippen molar-refractivity contribution in [2.75, 3.05) is 13.7 Å². The molecule has 1 fully saturated rings. The largest absolute Gasteiger partial charge is 0.497 e. The van der Waals surface area contributed by atoms with Crippen molar-refractivity contribution in [2.45, 2.75) is 38.4 Å². The summed E-state index contributed by atoms with van der Waals surface area (Å²) in [6.45, 7) is 3.16. The van der Waals surface area contributed by atoms with Crippen LogP contribution in [0.5, 0.6) is 5.75 Å². The fourth-order valence-corrected chi connectivity index (χ4v) is 3.25. The highest BCUT2D eigenvalue weighted by atomic mass is 35.5. The molecular weight excluding hydrogens is 348 g/mol. The van der Waals surface area contributed by atoms with Gasteiger partial charge in [0.1, 0.15) is 5.75 Å². The Bertz CT molecular complexity index is 744. The van der Waals surface area contributed by atoms with Gasteiger partial charge in [-0.2, -0.15) is 0 Å². The Morgan fingerprint density at radius 1 is 1.27 bits per heavy atom. The van der Waals surface area contributed by atoms with Gasteiger partial charge in [-0.1, -0.05) is 35.9 Å². The third-order valence-corrected chi connectivity index (χ3v) is 4.92. The number of methoxy groups -OCH3 is 1. The maximum Gasteiger partial charge on any atom is 0.234 e. The lowest BCUT2D eigenvalue weighted by Crippen LogP contribution is -2.39. The zero-order valence-electron chi connectivity index (χ0n) is 15.2. The van der Waals surface area contributed by atoms with Crippen molar-refractivity contribution in [1.29, 1.82) is 0 Å². The summed E-state index contributed by atoms with van der Waals surface area (Å²) in [5.41, 5.74) is 2.20. The van der Waals surface area contributed by atoms with Gasteiger partial charge in [0.25, 0.3) is 0 Å². The second-order valence-corrected chi connectivity index (χ2v) is 7.26. The molecule has 1 saturated carbocycles. The van der Waals surface area contributed by atoms with E-state index < -0.39 is 0 Å². The molecule has 1 N–H and O–H groups in total. The van der Waals surface area contributed by atoms with Crippen LogP contribution in [0.15, 0.2) is 48.5 Å². The summed E-state index contributed by atoms with van der Waals surface area (Å²) < 4.78 is 5.21. The Kier molecular flexibility index (Phi) is 6.17. The first kappa shape index (κ1) is 18.7. The van der Waals surface area contributed by atoms with E-state index in [0.29, 0.717) is 17.6 Å². The first-order chi connectivity index (χ1) is 12.5. The van der Waals surface area contributed by atoms with Crippen LogP contribution >= 0.6 is 11.6 Å². The highest BCUT2D eigenvalue weighted by molar-refractivity contribution is 6.30. The molecule has 2 aromatic rings. The van der Waals surface area contributed by atoms with E-state index in [4.69, 9.17) is 16.3 Å². The lowest BCUT2D eigenvalue weighted by atomic mass is 10.1. The van der Waals surface area contributed by atoms with Gasteiger partial charge in [0.2, 0.25) is 5.91 Å². The second-order valence-electron chi connectivity index (χ2n) is 6.83. The van der Waals surface area contributed by atoms with Crippen molar-refractivity contribution >= 4 is 17.5 Å². The molecule has 1 aliphatic rings. The van der Waals surface area contributed by atoms with E-state index in [2.05, 4.69) is 22.3 Å². The quantitative estimate of drug-likeness (QED) is 0.755. The van der Waals surface area contributed by atoms with Crippen LogP contribution in [0.1, 0.15) is 36.9 Å². The van der Waals surface area contributed by atoms with Gasteiger partial charge in [0, 0.05) is 17.6 Å². The van der Waals surface area contributed by atoms with Crippen LogP contribution in [0.4, 0.5) is 0 Å². The van der Waals surface area contributed by atoms with Crippen LogP contribution in [0, 0.1) is 0 Å². The van der Waals surface area contributed by atoms with Crippen molar-refractivity contribution in [3.8, 4) is 5.75 Å². The number of nitrogens with zero attached hydrogens (tertiary/aromatic N) is 1. The molecule has 1 unspecified atom stereocenters. The molecule has 1 amide bonds. The average Bonchev–Trinajstić information content (AvgIpc) is 3.47. The Morgan fingerprint density at radius 3 is 2.62 bits per heavy atom. The van der Waals surface area contributed by atoms with Crippen LogP contribution in [-0.4, -0.2) is 30.5 Å². The minimum absolute atomic E-state index is 0.0397. The molecule has 0 bridgehead atoms. The fourth-order valence-electron chi connectivity index (χ4n) is 3.05. The summed E-state index contributed by atoms with van der Waals surface area (Å²) in [5, 5.41) is 3.76. The van der Waals surface area contributed by atoms with Crippen molar-refractivity contribution in [3.05, 3.63) is 64.7 Å². The molecule has 0 spiro atoms. The van der Waals surface area contributed by atoms with Crippen molar-refractivity contribution in [1.82, 2.24) is 10.2 Å². The molecular formula is C21H25ClN2O2.